The van der Waals surface area contributed by atoms with Gasteiger partial charge in [-0.3, -0.25) is 4.79 Å². The second-order valence-corrected chi connectivity index (χ2v) is 9.70. The molecule has 2 unspecified atom stereocenters. The highest BCUT2D eigenvalue weighted by Crippen LogP contribution is 2.51. The summed E-state index contributed by atoms with van der Waals surface area (Å²) in [4.78, 5) is 15.2. The summed E-state index contributed by atoms with van der Waals surface area (Å²) in [6.07, 6.45) is 1.67. The number of amides is 1. The molecule has 0 radical (unpaired) electrons. The fraction of sp³-hybridized carbons (Fsp3) is 0.667. The van der Waals surface area contributed by atoms with E-state index in [1.165, 1.54) is 0 Å². The Hall–Kier alpha value is -1.50. The first kappa shape index (κ1) is 19.8. The molecule has 1 saturated heterocycles. The summed E-state index contributed by atoms with van der Waals surface area (Å²) in [5.74, 6) is 2.30. The van der Waals surface area contributed by atoms with Gasteiger partial charge in [-0.05, 0) is 36.7 Å². The molecule has 2 fully saturated rings. The number of piperidine rings is 1. The van der Waals surface area contributed by atoms with Crippen LogP contribution in [0, 0.1) is 23.2 Å². The Morgan fingerprint density at radius 1 is 1.43 bits per heavy atom. The second-order valence-electron chi connectivity index (χ2n) is 9.30. The van der Waals surface area contributed by atoms with Gasteiger partial charge in [0.2, 0.25) is 0 Å². The minimum Gasteiger partial charge on any atom is -0.492 e. The average Bonchev–Trinajstić information content (AvgIpc) is 3.13. The van der Waals surface area contributed by atoms with Crippen molar-refractivity contribution in [3.63, 3.8) is 0 Å². The average molecular weight is 408 g/mol. The third-order valence-corrected chi connectivity index (χ3v) is 6.77. The molecule has 1 aromatic rings. The van der Waals surface area contributed by atoms with Gasteiger partial charge in [-0.15, -0.1) is 0 Å². The molecule has 1 saturated carbocycles. The van der Waals surface area contributed by atoms with E-state index in [4.69, 9.17) is 22.1 Å². The summed E-state index contributed by atoms with van der Waals surface area (Å²) in [6, 6.07) is 1.63. The summed E-state index contributed by atoms with van der Waals surface area (Å²) in [6.45, 7) is 8.70. The maximum atomic E-state index is 12.8. The molecular weight excluding hydrogens is 378 g/mol. The van der Waals surface area contributed by atoms with Crippen LogP contribution in [0.25, 0.3) is 0 Å². The van der Waals surface area contributed by atoms with Crippen molar-refractivity contribution in [1.82, 2.24) is 10.2 Å². The van der Waals surface area contributed by atoms with Crippen LogP contribution in [0.1, 0.15) is 36.2 Å². The predicted octanol–water partition coefficient (Wildman–Crippen LogP) is 2.17. The van der Waals surface area contributed by atoms with Crippen molar-refractivity contribution in [2.75, 3.05) is 45.1 Å². The molecule has 0 aromatic heterocycles. The van der Waals surface area contributed by atoms with E-state index in [9.17, 15) is 9.90 Å². The number of nitrogen functional groups attached to an aromatic ring is 1. The highest BCUT2D eigenvalue weighted by Gasteiger charge is 2.55. The highest BCUT2D eigenvalue weighted by atomic mass is 35.5. The van der Waals surface area contributed by atoms with Gasteiger partial charge in [0.15, 0.2) is 0 Å². The minimum atomic E-state index is -0.136. The van der Waals surface area contributed by atoms with Gasteiger partial charge in [-0.1, -0.05) is 25.4 Å². The number of carbonyl (C=O) groups excluding carboxylic acids is 1. The molecule has 6 nitrogen and oxygen atoms in total. The number of benzene rings is 1. The van der Waals surface area contributed by atoms with Crippen molar-refractivity contribution in [3.05, 3.63) is 22.2 Å². The monoisotopic (exact) mass is 407 g/mol. The summed E-state index contributed by atoms with van der Waals surface area (Å²) < 4.78 is 5.75. The summed E-state index contributed by atoms with van der Waals surface area (Å²) in [5, 5.41) is 13.0. The zero-order valence-corrected chi connectivity index (χ0v) is 17.4. The Bertz CT molecular complexity index is 771. The number of hydrogen-bond donors (Lipinski definition) is 3. The fourth-order valence-corrected chi connectivity index (χ4v) is 5.06. The highest BCUT2D eigenvalue weighted by molar-refractivity contribution is 6.33. The molecule has 0 spiro atoms. The molecule has 7 heteroatoms. The third-order valence-electron chi connectivity index (χ3n) is 6.46. The Morgan fingerprint density at radius 3 is 2.82 bits per heavy atom. The number of hydrogen-bond acceptors (Lipinski definition) is 5. The van der Waals surface area contributed by atoms with Crippen LogP contribution in [0.15, 0.2) is 6.07 Å². The minimum absolute atomic E-state index is 0.0615. The van der Waals surface area contributed by atoms with E-state index in [1.807, 2.05) is 0 Å². The van der Waals surface area contributed by atoms with Gasteiger partial charge in [0.1, 0.15) is 5.75 Å². The molecule has 2 heterocycles. The number of nitrogens with one attached hydrogen (secondary N) is 1. The molecule has 4 rings (SSSR count). The first-order chi connectivity index (χ1) is 13.3. The Kier molecular flexibility index (Phi) is 5.23. The van der Waals surface area contributed by atoms with Gasteiger partial charge in [0.25, 0.3) is 5.91 Å². The Balaban J connectivity index is 1.33. The van der Waals surface area contributed by atoms with Crippen LogP contribution in [0.5, 0.6) is 5.75 Å². The molecule has 28 heavy (non-hydrogen) atoms. The summed E-state index contributed by atoms with van der Waals surface area (Å²) in [5.41, 5.74) is 7.88. The van der Waals surface area contributed by atoms with Crippen LogP contribution in [0.3, 0.4) is 0 Å². The van der Waals surface area contributed by atoms with Crippen LogP contribution >= 0.6 is 11.6 Å². The normalized spacial score (nSPS) is 26.4. The largest absolute Gasteiger partial charge is 0.492 e. The smallest absolute Gasteiger partial charge is 0.255 e. The van der Waals surface area contributed by atoms with Crippen molar-refractivity contribution in [2.24, 2.45) is 23.2 Å². The van der Waals surface area contributed by atoms with E-state index in [0.29, 0.717) is 52.9 Å². The fourth-order valence-electron chi connectivity index (χ4n) is 4.83. The lowest BCUT2D eigenvalue weighted by molar-refractivity contribution is 0.0937. The van der Waals surface area contributed by atoms with Crippen molar-refractivity contribution in [1.29, 1.82) is 0 Å². The third kappa shape index (κ3) is 3.70. The lowest BCUT2D eigenvalue weighted by Crippen LogP contribution is -2.37. The van der Waals surface area contributed by atoms with Gasteiger partial charge in [0, 0.05) is 43.8 Å². The lowest BCUT2D eigenvalue weighted by atomic mass is 9.94. The zero-order valence-electron chi connectivity index (χ0n) is 16.6. The number of ether oxygens (including phenoxy) is 1. The molecule has 2 atom stereocenters. The van der Waals surface area contributed by atoms with E-state index in [2.05, 4.69) is 24.1 Å². The quantitative estimate of drug-likeness (QED) is 0.629. The summed E-state index contributed by atoms with van der Waals surface area (Å²) >= 11 is 6.24. The van der Waals surface area contributed by atoms with Crippen LogP contribution in [0.4, 0.5) is 5.69 Å². The Labute approximate surface area is 171 Å². The number of aliphatic hydroxyl groups is 1. The summed E-state index contributed by atoms with van der Waals surface area (Å²) in [7, 11) is 0. The number of likely N-dealkylation sites (tertiary alicyclic amines) is 1. The van der Waals surface area contributed by atoms with Crippen molar-refractivity contribution >= 4 is 23.2 Å². The lowest BCUT2D eigenvalue weighted by Gasteiger charge is -2.29. The molecule has 3 aliphatic rings. The number of aliphatic hydroxyl groups excluding tert-OH is 1. The molecule has 1 amide bonds. The first-order valence-electron chi connectivity index (χ1n) is 10.2. The zero-order chi connectivity index (χ0) is 20.1. The van der Waals surface area contributed by atoms with Crippen molar-refractivity contribution in [2.45, 2.75) is 26.7 Å². The Morgan fingerprint density at radius 2 is 2.14 bits per heavy atom. The molecule has 2 aliphatic heterocycles. The van der Waals surface area contributed by atoms with E-state index in [0.717, 1.165) is 38.0 Å². The maximum absolute atomic E-state index is 12.8. The number of anilines is 1. The van der Waals surface area contributed by atoms with E-state index in [-0.39, 0.29) is 17.9 Å². The molecule has 4 N–H and O–H groups in total. The first-order valence-corrected chi connectivity index (χ1v) is 10.5. The SMILES string of the molecule is CC(C)(CO)CN1CC2C(CNC(=O)c3cc(Cl)c(N)c4c3OCCC4)C2C1. The van der Waals surface area contributed by atoms with Crippen LogP contribution in [-0.2, 0) is 6.42 Å². The molecule has 0 bridgehead atoms. The number of carbonyl (C=O) groups is 1. The van der Waals surface area contributed by atoms with Crippen LogP contribution < -0.4 is 15.8 Å². The number of fused-ring (bicyclic) bond motifs is 2. The van der Waals surface area contributed by atoms with Crippen LogP contribution in [0.2, 0.25) is 5.02 Å². The molecular formula is C21H30ClN3O3. The molecule has 154 valence electrons. The van der Waals surface area contributed by atoms with Gasteiger partial charge in [-0.2, -0.15) is 0 Å². The predicted molar refractivity (Wildman–Crippen MR) is 110 cm³/mol. The van der Waals surface area contributed by atoms with Gasteiger partial charge in [-0.25, -0.2) is 0 Å². The molecule has 1 aromatic carbocycles. The number of nitrogens with zero attached hydrogens (tertiary/aromatic N) is 1. The van der Waals surface area contributed by atoms with E-state index in [1.54, 1.807) is 6.07 Å². The van der Waals surface area contributed by atoms with Crippen molar-refractivity contribution < 1.29 is 14.6 Å². The number of halogens is 1. The molecule has 1 aliphatic carbocycles. The van der Waals surface area contributed by atoms with E-state index >= 15 is 0 Å². The number of nitrogens with two attached hydrogens (primary N) is 1. The number of rotatable bonds is 6. The van der Waals surface area contributed by atoms with Gasteiger partial charge < -0.3 is 25.8 Å². The maximum Gasteiger partial charge on any atom is 0.255 e. The van der Waals surface area contributed by atoms with Crippen molar-refractivity contribution in [3.8, 4) is 5.75 Å². The van der Waals surface area contributed by atoms with Crippen LogP contribution in [-0.4, -0.2) is 55.3 Å². The van der Waals surface area contributed by atoms with Gasteiger partial charge >= 0.3 is 0 Å². The van der Waals surface area contributed by atoms with Gasteiger partial charge in [0.05, 0.1) is 22.9 Å². The standard InChI is InChI=1S/C21H30ClN3O3/c1-21(2,11-26)10-25-8-15-14(16(15)9-25)7-24-20(27)13-6-17(22)18(23)12-4-3-5-28-19(12)13/h6,14-16,26H,3-5,7-11,23H2,1-2H3,(H,24,27). The second kappa shape index (κ2) is 7.39. The van der Waals surface area contributed by atoms with E-state index < -0.39 is 0 Å². The topological polar surface area (TPSA) is 87.8 Å².